The second kappa shape index (κ2) is 5.21. The van der Waals surface area contributed by atoms with Gasteiger partial charge < -0.3 is 14.9 Å². The normalized spacial score (nSPS) is 29.1. The summed E-state index contributed by atoms with van der Waals surface area (Å²) in [7, 11) is 0. The molecule has 4 heteroatoms. The van der Waals surface area contributed by atoms with Gasteiger partial charge in [-0.25, -0.2) is 0 Å². The summed E-state index contributed by atoms with van der Waals surface area (Å²) < 4.78 is 10.9. The molecular formula is C13H22N2O2. The Morgan fingerprint density at radius 1 is 1.59 bits per heavy atom. The summed E-state index contributed by atoms with van der Waals surface area (Å²) in [5.74, 6) is 1.00. The van der Waals surface area contributed by atoms with Crippen LogP contribution in [0.2, 0.25) is 0 Å². The van der Waals surface area contributed by atoms with Gasteiger partial charge in [0.2, 0.25) is 0 Å². The first-order valence-corrected chi connectivity index (χ1v) is 6.22. The quantitative estimate of drug-likeness (QED) is 0.844. The zero-order chi connectivity index (χ0) is 12.3. The van der Waals surface area contributed by atoms with E-state index in [0.717, 1.165) is 32.0 Å². The van der Waals surface area contributed by atoms with Gasteiger partial charge in [-0.15, -0.1) is 0 Å². The molecular weight excluding hydrogens is 216 g/mol. The first kappa shape index (κ1) is 12.6. The zero-order valence-electron chi connectivity index (χ0n) is 10.7. The van der Waals surface area contributed by atoms with Crippen LogP contribution in [-0.2, 0) is 11.3 Å². The Bertz CT molecular complexity index is 339. The van der Waals surface area contributed by atoms with Gasteiger partial charge in [-0.1, -0.05) is 13.8 Å². The summed E-state index contributed by atoms with van der Waals surface area (Å²) in [6.45, 7) is 8.57. The maximum atomic E-state index is 6.11. The second-order valence-electron chi connectivity index (χ2n) is 5.16. The van der Waals surface area contributed by atoms with Crippen LogP contribution in [0, 0.1) is 5.41 Å². The molecule has 2 N–H and O–H groups in total. The topological polar surface area (TPSA) is 51.6 Å². The molecule has 4 nitrogen and oxygen atoms in total. The van der Waals surface area contributed by atoms with Gasteiger partial charge in [0.15, 0.2) is 0 Å². The Labute approximate surface area is 103 Å². The monoisotopic (exact) mass is 238 g/mol. The van der Waals surface area contributed by atoms with Gasteiger partial charge in [-0.05, 0) is 18.7 Å². The molecule has 0 aliphatic carbocycles. The van der Waals surface area contributed by atoms with Crippen molar-refractivity contribution in [1.82, 2.24) is 4.90 Å². The van der Waals surface area contributed by atoms with Crippen LogP contribution in [0.3, 0.4) is 0 Å². The molecule has 96 valence electrons. The Morgan fingerprint density at radius 2 is 2.41 bits per heavy atom. The van der Waals surface area contributed by atoms with E-state index in [4.69, 9.17) is 14.9 Å². The third-order valence-corrected chi connectivity index (χ3v) is 3.62. The van der Waals surface area contributed by atoms with Crippen molar-refractivity contribution in [2.24, 2.45) is 11.1 Å². The lowest BCUT2D eigenvalue weighted by Gasteiger charge is -2.33. The van der Waals surface area contributed by atoms with Crippen molar-refractivity contribution in [1.29, 1.82) is 0 Å². The first-order chi connectivity index (χ1) is 8.14. The molecule has 0 radical (unpaired) electrons. The van der Waals surface area contributed by atoms with Crippen LogP contribution in [0.25, 0.3) is 0 Å². The van der Waals surface area contributed by atoms with E-state index < -0.39 is 0 Å². The molecule has 1 aromatic heterocycles. The number of hydrogen-bond donors (Lipinski definition) is 1. The lowest BCUT2D eigenvalue weighted by Crippen LogP contribution is -2.46. The van der Waals surface area contributed by atoms with Crippen molar-refractivity contribution >= 4 is 0 Å². The SMILES string of the molecule is CCN(Cc1ccco1)CC1(C)COCC1N. The Hall–Kier alpha value is -0.840. The van der Waals surface area contributed by atoms with Crippen molar-refractivity contribution in [3.05, 3.63) is 24.2 Å². The molecule has 2 heterocycles. The summed E-state index contributed by atoms with van der Waals surface area (Å²) in [6.07, 6.45) is 1.72. The lowest BCUT2D eigenvalue weighted by molar-refractivity contribution is 0.114. The minimum absolute atomic E-state index is 0.0581. The van der Waals surface area contributed by atoms with Gasteiger partial charge in [0, 0.05) is 18.0 Å². The molecule has 17 heavy (non-hydrogen) atoms. The molecule has 2 atom stereocenters. The predicted octanol–water partition coefficient (Wildman–Crippen LogP) is 1.47. The van der Waals surface area contributed by atoms with E-state index >= 15 is 0 Å². The molecule has 1 saturated heterocycles. The standard InChI is InChI=1S/C13H22N2O2/c1-3-15(7-11-5-4-6-17-11)9-13(2)10-16-8-12(13)14/h4-6,12H,3,7-10,14H2,1-2H3. The Morgan fingerprint density at radius 3 is 2.94 bits per heavy atom. The van der Waals surface area contributed by atoms with E-state index in [-0.39, 0.29) is 11.5 Å². The van der Waals surface area contributed by atoms with Gasteiger partial charge in [-0.2, -0.15) is 0 Å². The molecule has 2 rings (SSSR count). The third kappa shape index (κ3) is 2.89. The molecule has 1 aromatic rings. The highest BCUT2D eigenvalue weighted by molar-refractivity contribution is 4.99. The molecule has 1 aliphatic heterocycles. The fourth-order valence-electron chi connectivity index (χ4n) is 2.30. The van der Waals surface area contributed by atoms with E-state index in [0.29, 0.717) is 6.61 Å². The molecule has 0 amide bonds. The molecule has 0 saturated carbocycles. The zero-order valence-corrected chi connectivity index (χ0v) is 10.7. The fourth-order valence-corrected chi connectivity index (χ4v) is 2.30. The third-order valence-electron chi connectivity index (χ3n) is 3.62. The van der Waals surface area contributed by atoms with Crippen LogP contribution >= 0.6 is 0 Å². The summed E-state index contributed by atoms with van der Waals surface area (Å²) in [5, 5.41) is 0. The van der Waals surface area contributed by atoms with Gasteiger partial charge >= 0.3 is 0 Å². The molecule has 2 unspecified atom stereocenters. The second-order valence-corrected chi connectivity index (χ2v) is 5.16. The van der Waals surface area contributed by atoms with E-state index in [2.05, 4.69) is 18.7 Å². The molecule has 0 bridgehead atoms. The number of ether oxygens (including phenoxy) is 1. The van der Waals surface area contributed by atoms with Gasteiger partial charge in [0.1, 0.15) is 5.76 Å². The largest absolute Gasteiger partial charge is 0.468 e. The average molecular weight is 238 g/mol. The summed E-state index contributed by atoms with van der Waals surface area (Å²) >= 11 is 0. The Balaban J connectivity index is 1.95. The number of nitrogens with two attached hydrogens (primary N) is 1. The summed E-state index contributed by atoms with van der Waals surface area (Å²) in [4.78, 5) is 2.35. The molecule has 0 aromatic carbocycles. The first-order valence-electron chi connectivity index (χ1n) is 6.22. The average Bonchev–Trinajstić information content (AvgIpc) is 2.90. The fraction of sp³-hybridized carbons (Fsp3) is 0.692. The Kier molecular flexibility index (Phi) is 3.86. The highest BCUT2D eigenvalue weighted by Crippen LogP contribution is 2.28. The van der Waals surface area contributed by atoms with E-state index in [9.17, 15) is 0 Å². The maximum Gasteiger partial charge on any atom is 0.117 e. The minimum Gasteiger partial charge on any atom is -0.468 e. The number of furan rings is 1. The van der Waals surface area contributed by atoms with Gasteiger partial charge in [0.25, 0.3) is 0 Å². The maximum absolute atomic E-state index is 6.11. The predicted molar refractivity (Wildman–Crippen MR) is 66.6 cm³/mol. The summed E-state index contributed by atoms with van der Waals surface area (Å²) in [5.41, 5.74) is 6.17. The molecule has 1 aliphatic rings. The van der Waals surface area contributed by atoms with Crippen LogP contribution in [0.4, 0.5) is 0 Å². The minimum atomic E-state index is 0.0581. The van der Waals surface area contributed by atoms with Crippen molar-refractivity contribution in [3.8, 4) is 0 Å². The van der Waals surface area contributed by atoms with Crippen LogP contribution < -0.4 is 5.73 Å². The van der Waals surface area contributed by atoms with Crippen molar-refractivity contribution < 1.29 is 9.15 Å². The van der Waals surface area contributed by atoms with E-state index in [1.807, 2.05) is 12.1 Å². The van der Waals surface area contributed by atoms with Gasteiger partial charge in [-0.3, -0.25) is 4.90 Å². The van der Waals surface area contributed by atoms with Crippen molar-refractivity contribution in [2.75, 3.05) is 26.3 Å². The molecule has 0 spiro atoms. The van der Waals surface area contributed by atoms with Crippen molar-refractivity contribution in [2.45, 2.75) is 26.4 Å². The van der Waals surface area contributed by atoms with Gasteiger partial charge in [0.05, 0.1) is 26.0 Å². The van der Waals surface area contributed by atoms with Crippen molar-refractivity contribution in [3.63, 3.8) is 0 Å². The molecule has 1 fully saturated rings. The number of hydrogen-bond acceptors (Lipinski definition) is 4. The smallest absolute Gasteiger partial charge is 0.117 e. The van der Waals surface area contributed by atoms with Crippen LogP contribution in [0.1, 0.15) is 19.6 Å². The van der Waals surface area contributed by atoms with E-state index in [1.54, 1.807) is 6.26 Å². The van der Waals surface area contributed by atoms with Crippen LogP contribution in [0.15, 0.2) is 22.8 Å². The highest BCUT2D eigenvalue weighted by Gasteiger charge is 2.38. The summed E-state index contributed by atoms with van der Waals surface area (Å²) in [6, 6.07) is 4.07. The van der Waals surface area contributed by atoms with E-state index in [1.165, 1.54) is 0 Å². The van der Waals surface area contributed by atoms with Crippen LogP contribution in [0.5, 0.6) is 0 Å². The van der Waals surface area contributed by atoms with Crippen LogP contribution in [-0.4, -0.2) is 37.2 Å². The lowest BCUT2D eigenvalue weighted by atomic mass is 9.85. The number of nitrogens with zero attached hydrogens (tertiary/aromatic N) is 1. The highest BCUT2D eigenvalue weighted by atomic mass is 16.5. The number of rotatable bonds is 5.